The van der Waals surface area contributed by atoms with Crippen molar-refractivity contribution in [2.75, 3.05) is 18.8 Å². The summed E-state index contributed by atoms with van der Waals surface area (Å²) in [5.41, 5.74) is 7.90. The molecule has 1 aromatic rings. The molecule has 1 aliphatic heterocycles. The van der Waals surface area contributed by atoms with E-state index in [1.54, 1.807) is 12.3 Å². The fourth-order valence-electron chi connectivity index (χ4n) is 2.59. The Morgan fingerprint density at radius 2 is 2.16 bits per heavy atom. The summed E-state index contributed by atoms with van der Waals surface area (Å²) < 4.78 is 0. The highest BCUT2D eigenvalue weighted by Crippen LogP contribution is 2.34. The molecule has 4 heteroatoms. The molecule has 0 bridgehead atoms. The van der Waals surface area contributed by atoms with Crippen molar-refractivity contribution in [2.45, 2.75) is 34.1 Å². The van der Waals surface area contributed by atoms with Crippen molar-refractivity contribution in [3.63, 3.8) is 0 Å². The van der Waals surface area contributed by atoms with Crippen LogP contribution in [0.25, 0.3) is 0 Å². The number of nitrogen functional groups attached to an aromatic ring is 1. The van der Waals surface area contributed by atoms with Crippen LogP contribution in [0.5, 0.6) is 0 Å². The van der Waals surface area contributed by atoms with Gasteiger partial charge in [0.25, 0.3) is 5.91 Å². The predicted octanol–water partition coefficient (Wildman–Crippen LogP) is 2.48. The molecule has 1 saturated heterocycles. The topological polar surface area (TPSA) is 59.2 Å². The zero-order chi connectivity index (χ0) is 14.2. The van der Waals surface area contributed by atoms with Crippen LogP contribution in [0.2, 0.25) is 0 Å². The van der Waals surface area contributed by atoms with Crippen molar-refractivity contribution in [1.29, 1.82) is 0 Å². The molecule has 2 heterocycles. The highest BCUT2D eigenvalue weighted by molar-refractivity contribution is 5.96. The van der Waals surface area contributed by atoms with Gasteiger partial charge in [0.1, 0.15) is 0 Å². The Labute approximate surface area is 115 Å². The molecule has 1 amide bonds. The molecule has 0 spiro atoms. The SMILES string of the molecule is Cc1ncc(N)cc1C(=O)N1CCC(C(C)(C)C)C1. The third-order valence-corrected chi connectivity index (χ3v) is 4.04. The summed E-state index contributed by atoms with van der Waals surface area (Å²) in [7, 11) is 0. The van der Waals surface area contributed by atoms with Crippen molar-refractivity contribution in [3.8, 4) is 0 Å². The minimum atomic E-state index is 0.0593. The average molecular weight is 261 g/mol. The molecule has 0 aliphatic carbocycles. The number of nitrogens with zero attached hydrogens (tertiary/aromatic N) is 2. The molecule has 4 nitrogen and oxygen atoms in total. The molecule has 1 aliphatic rings. The molecular formula is C15H23N3O. The van der Waals surface area contributed by atoms with Gasteiger partial charge in [-0.05, 0) is 30.7 Å². The smallest absolute Gasteiger partial charge is 0.255 e. The number of carbonyl (C=O) groups is 1. The van der Waals surface area contributed by atoms with Crippen molar-refractivity contribution in [1.82, 2.24) is 9.88 Å². The number of pyridine rings is 1. The van der Waals surface area contributed by atoms with E-state index in [4.69, 9.17) is 5.73 Å². The van der Waals surface area contributed by atoms with E-state index < -0.39 is 0 Å². The molecule has 2 rings (SSSR count). The summed E-state index contributed by atoms with van der Waals surface area (Å²) in [6.45, 7) is 10.2. The summed E-state index contributed by atoms with van der Waals surface area (Å²) in [6.07, 6.45) is 2.66. The number of aryl methyl sites for hydroxylation is 1. The normalized spacial score (nSPS) is 19.8. The van der Waals surface area contributed by atoms with E-state index in [0.717, 1.165) is 25.2 Å². The molecule has 1 aromatic heterocycles. The van der Waals surface area contributed by atoms with Crippen LogP contribution in [0.15, 0.2) is 12.3 Å². The van der Waals surface area contributed by atoms with Crippen LogP contribution in [0.4, 0.5) is 5.69 Å². The molecule has 0 saturated carbocycles. The molecule has 1 unspecified atom stereocenters. The number of carbonyl (C=O) groups excluding carboxylic acids is 1. The van der Waals surface area contributed by atoms with Crippen LogP contribution in [0.1, 0.15) is 43.2 Å². The van der Waals surface area contributed by atoms with E-state index in [-0.39, 0.29) is 11.3 Å². The number of likely N-dealkylation sites (tertiary alicyclic amines) is 1. The van der Waals surface area contributed by atoms with Crippen LogP contribution < -0.4 is 5.73 Å². The summed E-state index contributed by atoms with van der Waals surface area (Å²) in [4.78, 5) is 18.6. The van der Waals surface area contributed by atoms with E-state index in [9.17, 15) is 4.79 Å². The number of amides is 1. The van der Waals surface area contributed by atoms with Gasteiger partial charge in [-0.15, -0.1) is 0 Å². The zero-order valence-corrected chi connectivity index (χ0v) is 12.2. The van der Waals surface area contributed by atoms with Gasteiger partial charge in [0, 0.05) is 13.1 Å². The second-order valence-electron chi connectivity index (χ2n) is 6.50. The largest absolute Gasteiger partial charge is 0.397 e. The maximum absolute atomic E-state index is 12.5. The first-order chi connectivity index (χ1) is 8.79. The monoisotopic (exact) mass is 261 g/mol. The Bertz CT molecular complexity index is 491. The van der Waals surface area contributed by atoms with Gasteiger partial charge < -0.3 is 10.6 Å². The molecule has 104 valence electrons. The Hall–Kier alpha value is -1.58. The van der Waals surface area contributed by atoms with Gasteiger partial charge in [-0.25, -0.2) is 0 Å². The second-order valence-corrected chi connectivity index (χ2v) is 6.50. The Morgan fingerprint density at radius 3 is 2.74 bits per heavy atom. The van der Waals surface area contributed by atoms with E-state index in [0.29, 0.717) is 17.2 Å². The number of hydrogen-bond donors (Lipinski definition) is 1. The lowest BCUT2D eigenvalue weighted by Gasteiger charge is -2.27. The molecule has 0 aromatic carbocycles. The van der Waals surface area contributed by atoms with Crippen molar-refractivity contribution in [3.05, 3.63) is 23.5 Å². The summed E-state index contributed by atoms with van der Waals surface area (Å²) in [5.74, 6) is 0.620. The van der Waals surface area contributed by atoms with Crippen LogP contribution in [-0.2, 0) is 0 Å². The van der Waals surface area contributed by atoms with Gasteiger partial charge in [-0.1, -0.05) is 20.8 Å². The Balaban J connectivity index is 2.16. The van der Waals surface area contributed by atoms with Gasteiger partial charge in [0.15, 0.2) is 0 Å². The predicted molar refractivity (Wildman–Crippen MR) is 76.9 cm³/mol. The quantitative estimate of drug-likeness (QED) is 0.845. The minimum Gasteiger partial charge on any atom is -0.397 e. The van der Waals surface area contributed by atoms with Crippen molar-refractivity contribution < 1.29 is 4.79 Å². The van der Waals surface area contributed by atoms with E-state index in [1.807, 2.05) is 11.8 Å². The zero-order valence-electron chi connectivity index (χ0n) is 12.2. The molecule has 1 atom stereocenters. The highest BCUT2D eigenvalue weighted by Gasteiger charge is 2.34. The van der Waals surface area contributed by atoms with E-state index >= 15 is 0 Å². The highest BCUT2D eigenvalue weighted by atomic mass is 16.2. The summed E-state index contributed by atoms with van der Waals surface area (Å²) in [6, 6.07) is 1.73. The second kappa shape index (κ2) is 4.83. The van der Waals surface area contributed by atoms with Crippen LogP contribution in [0.3, 0.4) is 0 Å². The molecular weight excluding hydrogens is 238 g/mol. The van der Waals surface area contributed by atoms with Crippen molar-refractivity contribution >= 4 is 11.6 Å². The molecule has 0 radical (unpaired) electrons. The third kappa shape index (κ3) is 2.88. The average Bonchev–Trinajstić information content (AvgIpc) is 2.80. The number of hydrogen-bond acceptors (Lipinski definition) is 3. The van der Waals surface area contributed by atoms with Crippen molar-refractivity contribution in [2.24, 2.45) is 11.3 Å². The maximum atomic E-state index is 12.5. The van der Waals surface area contributed by atoms with Crippen LogP contribution in [0, 0.1) is 18.3 Å². The fourth-order valence-corrected chi connectivity index (χ4v) is 2.59. The third-order valence-electron chi connectivity index (χ3n) is 4.04. The van der Waals surface area contributed by atoms with E-state index in [2.05, 4.69) is 25.8 Å². The van der Waals surface area contributed by atoms with Gasteiger partial charge in [-0.3, -0.25) is 9.78 Å². The summed E-state index contributed by atoms with van der Waals surface area (Å²) >= 11 is 0. The lowest BCUT2D eigenvalue weighted by molar-refractivity contribution is 0.0775. The molecule has 2 N–H and O–H groups in total. The van der Waals surface area contributed by atoms with E-state index in [1.165, 1.54) is 0 Å². The first-order valence-corrected chi connectivity index (χ1v) is 6.80. The van der Waals surface area contributed by atoms with Crippen LogP contribution >= 0.6 is 0 Å². The van der Waals surface area contributed by atoms with Gasteiger partial charge >= 0.3 is 0 Å². The lowest BCUT2D eigenvalue weighted by atomic mass is 9.80. The minimum absolute atomic E-state index is 0.0593. The molecule has 1 fully saturated rings. The molecule has 19 heavy (non-hydrogen) atoms. The van der Waals surface area contributed by atoms with Gasteiger partial charge in [0.05, 0.1) is 23.1 Å². The first-order valence-electron chi connectivity index (χ1n) is 6.80. The number of anilines is 1. The van der Waals surface area contributed by atoms with Crippen LogP contribution in [-0.4, -0.2) is 28.9 Å². The summed E-state index contributed by atoms with van der Waals surface area (Å²) in [5, 5.41) is 0. The standard InChI is InChI=1S/C15H23N3O/c1-10-13(7-12(16)8-17-10)14(19)18-6-5-11(9-18)15(2,3)4/h7-8,11H,5-6,9,16H2,1-4H3. The Morgan fingerprint density at radius 1 is 1.47 bits per heavy atom. The maximum Gasteiger partial charge on any atom is 0.255 e. The fraction of sp³-hybridized carbons (Fsp3) is 0.600. The number of aromatic nitrogens is 1. The number of nitrogens with two attached hydrogens (primary N) is 1. The van der Waals surface area contributed by atoms with Gasteiger partial charge in [0.2, 0.25) is 0 Å². The number of rotatable bonds is 1. The first kappa shape index (κ1) is 13.8. The lowest BCUT2D eigenvalue weighted by Crippen LogP contribution is -2.31. The Kier molecular flexibility index (Phi) is 3.52. The van der Waals surface area contributed by atoms with Gasteiger partial charge in [-0.2, -0.15) is 0 Å².